The minimum atomic E-state index is -1.60. The van der Waals surface area contributed by atoms with Crippen molar-refractivity contribution >= 4 is 29.0 Å². The highest BCUT2D eigenvalue weighted by molar-refractivity contribution is 6.30. The van der Waals surface area contributed by atoms with Crippen molar-refractivity contribution in [1.29, 1.82) is 0 Å². The van der Waals surface area contributed by atoms with Crippen LogP contribution in [-0.2, 0) is 4.74 Å². The Morgan fingerprint density at radius 2 is 1.95 bits per heavy atom. The van der Waals surface area contributed by atoms with Gasteiger partial charge in [-0.2, -0.15) is 0 Å². The van der Waals surface area contributed by atoms with Crippen LogP contribution in [0.4, 0.5) is 18.9 Å². The number of amidine groups is 2. The molecule has 0 saturated carbocycles. The van der Waals surface area contributed by atoms with Gasteiger partial charge in [-0.05, 0) is 43.7 Å². The first-order valence-electron chi connectivity index (χ1n) is 11.2. The Morgan fingerprint density at radius 3 is 2.59 bits per heavy atom. The highest BCUT2D eigenvalue weighted by Crippen LogP contribution is 2.33. The quantitative estimate of drug-likeness (QED) is 0.260. The maximum atomic E-state index is 13.7. The van der Waals surface area contributed by atoms with Crippen molar-refractivity contribution in [3.63, 3.8) is 0 Å². The second-order valence-electron chi connectivity index (χ2n) is 8.63. The summed E-state index contributed by atoms with van der Waals surface area (Å²) in [5.41, 5.74) is 7.19. The number of rotatable bonds is 5. The predicted octanol–water partition coefficient (Wildman–Crippen LogP) is 3.48. The van der Waals surface area contributed by atoms with Crippen molar-refractivity contribution in [1.82, 2.24) is 15.0 Å². The summed E-state index contributed by atoms with van der Waals surface area (Å²) in [6, 6.07) is 5.96. The monoisotopic (exact) mass is 536 g/mol. The predicted molar refractivity (Wildman–Crippen MR) is 131 cm³/mol. The molecule has 9 nitrogen and oxygen atoms in total. The van der Waals surface area contributed by atoms with Gasteiger partial charge in [0.2, 0.25) is 0 Å². The molecule has 37 heavy (non-hydrogen) atoms. The number of hydrogen-bond acceptors (Lipinski definition) is 6. The van der Waals surface area contributed by atoms with E-state index in [4.69, 9.17) is 22.1 Å². The zero-order chi connectivity index (χ0) is 26.9. The molecule has 3 aromatic rings. The van der Waals surface area contributed by atoms with E-state index >= 15 is 0 Å². The van der Waals surface area contributed by atoms with Gasteiger partial charge in [-0.1, -0.05) is 22.9 Å². The molecule has 2 heterocycles. The number of aliphatic hydroxyl groups is 2. The Bertz CT molecular complexity index is 1340. The van der Waals surface area contributed by atoms with Crippen molar-refractivity contribution in [3.8, 4) is 11.3 Å². The van der Waals surface area contributed by atoms with E-state index in [0.717, 1.165) is 17.7 Å². The van der Waals surface area contributed by atoms with Crippen molar-refractivity contribution in [2.24, 2.45) is 15.7 Å². The molecule has 0 amide bonds. The van der Waals surface area contributed by atoms with Gasteiger partial charge in [0.1, 0.15) is 24.0 Å². The standard InChI is InChI=1S/C24H24ClF3N6O3/c1-11-3-4-14(25)7-17(11)31-24(30-12(2)29)20-8-19(23(36)21(10-35)37-20)34-9-18(32-33-34)13-5-15(26)22(28)16(27)6-13/h3-7,9,19-21,23,35-36H,8,10H2,1-2H3,(H2,29,30,31). The van der Waals surface area contributed by atoms with Gasteiger partial charge in [-0.3, -0.25) is 0 Å². The van der Waals surface area contributed by atoms with Crippen LogP contribution >= 0.6 is 11.6 Å². The van der Waals surface area contributed by atoms with Gasteiger partial charge >= 0.3 is 0 Å². The number of nitrogens with zero attached hydrogens (tertiary/aromatic N) is 5. The number of nitrogens with two attached hydrogens (primary N) is 1. The Labute approximate surface area is 215 Å². The molecule has 0 radical (unpaired) electrons. The molecule has 0 bridgehead atoms. The molecule has 1 aromatic heterocycles. The van der Waals surface area contributed by atoms with Gasteiger partial charge in [0, 0.05) is 17.0 Å². The van der Waals surface area contributed by atoms with Crippen LogP contribution in [0.2, 0.25) is 5.02 Å². The largest absolute Gasteiger partial charge is 0.394 e. The first-order chi connectivity index (χ1) is 17.6. The van der Waals surface area contributed by atoms with Gasteiger partial charge in [-0.15, -0.1) is 5.10 Å². The van der Waals surface area contributed by atoms with Crippen LogP contribution in [0, 0.1) is 24.4 Å². The molecular weight excluding hydrogens is 513 g/mol. The maximum absolute atomic E-state index is 13.7. The molecule has 4 unspecified atom stereocenters. The molecule has 1 saturated heterocycles. The van der Waals surface area contributed by atoms with Crippen LogP contribution in [0.5, 0.6) is 0 Å². The van der Waals surface area contributed by atoms with E-state index in [1.807, 2.05) is 6.92 Å². The minimum Gasteiger partial charge on any atom is -0.394 e. The lowest BCUT2D eigenvalue weighted by atomic mass is 9.95. The number of hydrogen-bond donors (Lipinski definition) is 3. The number of aliphatic hydroxyl groups excluding tert-OH is 2. The van der Waals surface area contributed by atoms with Crippen LogP contribution in [0.25, 0.3) is 11.3 Å². The Kier molecular flexibility index (Phi) is 7.93. The minimum absolute atomic E-state index is 0.0403. The van der Waals surface area contributed by atoms with Gasteiger partial charge in [-0.25, -0.2) is 27.8 Å². The van der Waals surface area contributed by atoms with Gasteiger partial charge in [0.15, 0.2) is 23.3 Å². The van der Waals surface area contributed by atoms with Gasteiger partial charge < -0.3 is 20.7 Å². The van der Waals surface area contributed by atoms with Crippen LogP contribution in [0.15, 0.2) is 46.5 Å². The van der Waals surface area contributed by atoms with E-state index < -0.39 is 48.4 Å². The van der Waals surface area contributed by atoms with E-state index in [1.165, 1.54) is 10.9 Å². The van der Waals surface area contributed by atoms with Gasteiger partial charge in [0.05, 0.1) is 30.4 Å². The highest BCUT2D eigenvalue weighted by atomic mass is 35.5. The summed E-state index contributed by atoms with van der Waals surface area (Å²) in [6.07, 6.45) is -1.67. The molecule has 4 rings (SSSR count). The molecule has 1 aliphatic heterocycles. The topological polar surface area (TPSA) is 131 Å². The molecule has 196 valence electrons. The highest BCUT2D eigenvalue weighted by Gasteiger charge is 2.41. The molecule has 1 fully saturated rings. The van der Waals surface area contributed by atoms with Crippen LogP contribution < -0.4 is 5.73 Å². The molecule has 2 aromatic carbocycles. The van der Waals surface area contributed by atoms with E-state index in [-0.39, 0.29) is 29.3 Å². The average molecular weight is 537 g/mol. The molecule has 4 N–H and O–H groups in total. The first-order valence-corrected chi connectivity index (χ1v) is 11.6. The van der Waals surface area contributed by atoms with Crippen molar-refractivity contribution in [2.75, 3.05) is 6.61 Å². The van der Waals surface area contributed by atoms with Crippen LogP contribution in [-0.4, -0.2) is 61.8 Å². The average Bonchev–Trinajstić information content (AvgIpc) is 3.34. The molecule has 4 atom stereocenters. The molecule has 0 spiro atoms. The first kappa shape index (κ1) is 26.7. The smallest absolute Gasteiger partial charge is 0.194 e. The lowest BCUT2D eigenvalue weighted by Gasteiger charge is -2.38. The number of halogens is 4. The van der Waals surface area contributed by atoms with Crippen molar-refractivity contribution < 1.29 is 28.1 Å². The zero-order valence-electron chi connectivity index (χ0n) is 19.8. The third-order valence-corrected chi connectivity index (χ3v) is 6.10. The summed E-state index contributed by atoms with van der Waals surface area (Å²) in [7, 11) is 0. The lowest BCUT2D eigenvalue weighted by Crippen LogP contribution is -2.50. The summed E-state index contributed by atoms with van der Waals surface area (Å²) >= 11 is 6.13. The second-order valence-corrected chi connectivity index (χ2v) is 9.07. The fourth-order valence-corrected chi connectivity index (χ4v) is 4.15. The maximum Gasteiger partial charge on any atom is 0.194 e. The Hall–Kier alpha value is -3.32. The van der Waals surface area contributed by atoms with E-state index in [9.17, 15) is 23.4 Å². The fourth-order valence-electron chi connectivity index (χ4n) is 3.99. The number of aliphatic imine (C=N–C) groups is 2. The number of aryl methyl sites for hydroxylation is 1. The SMILES string of the molecule is CC(N)=NC(=Nc1cc(Cl)ccc1C)C1CC(n2cc(-c3cc(F)c(F)c(F)c3)nn2)C(O)C(CO)O1. The van der Waals surface area contributed by atoms with Crippen molar-refractivity contribution in [2.45, 2.75) is 44.6 Å². The Morgan fingerprint density at radius 1 is 1.24 bits per heavy atom. The van der Waals surface area contributed by atoms with E-state index in [0.29, 0.717) is 10.7 Å². The summed E-state index contributed by atoms with van der Waals surface area (Å²) < 4.78 is 48.0. The summed E-state index contributed by atoms with van der Waals surface area (Å²) in [6.45, 7) is 2.89. The summed E-state index contributed by atoms with van der Waals surface area (Å²) in [4.78, 5) is 8.92. The zero-order valence-corrected chi connectivity index (χ0v) is 20.6. The van der Waals surface area contributed by atoms with Crippen LogP contribution in [0.1, 0.15) is 24.9 Å². The molecular formula is C24H24ClF3N6O3. The molecule has 13 heteroatoms. The van der Waals surface area contributed by atoms with Crippen molar-refractivity contribution in [3.05, 3.63) is 64.6 Å². The van der Waals surface area contributed by atoms with Crippen LogP contribution in [0.3, 0.4) is 0 Å². The number of ether oxygens (including phenoxy) is 1. The number of benzene rings is 2. The summed E-state index contributed by atoms with van der Waals surface area (Å²) in [5, 5.41) is 29.1. The molecule has 0 aliphatic carbocycles. The third kappa shape index (κ3) is 5.82. The van der Waals surface area contributed by atoms with E-state index in [2.05, 4.69) is 20.3 Å². The number of aromatic nitrogens is 3. The summed E-state index contributed by atoms with van der Waals surface area (Å²) in [5.74, 6) is -3.95. The normalized spacial score (nSPS) is 22.9. The third-order valence-electron chi connectivity index (χ3n) is 5.86. The second kappa shape index (κ2) is 11.0. The van der Waals surface area contributed by atoms with Gasteiger partial charge in [0.25, 0.3) is 0 Å². The van der Waals surface area contributed by atoms with E-state index in [1.54, 1.807) is 25.1 Å². The fraction of sp³-hybridized carbons (Fsp3) is 0.333. The molecule has 1 aliphatic rings. The Balaban J connectivity index is 1.71. The lowest BCUT2D eigenvalue weighted by molar-refractivity contribution is -0.137.